The van der Waals surface area contributed by atoms with Crippen molar-refractivity contribution in [2.75, 3.05) is 0 Å². The van der Waals surface area contributed by atoms with E-state index in [1.54, 1.807) is 0 Å². The average molecular weight is 224 g/mol. The summed E-state index contributed by atoms with van der Waals surface area (Å²) in [6.45, 7) is 8.85. The van der Waals surface area contributed by atoms with Crippen molar-refractivity contribution in [1.82, 2.24) is 0 Å². The van der Waals surface area contributed by atoms with Crippen molar-refractivity contribution < 1.29 is 0 Å². The summed E-state index contributed by atoms with van der Waals surface area (Å²) in [5.41, 5.74) is 6.86. The molecule has 0 heteroatoms. The minimum Gasteiger partial charge on any atom is -0.0620 e. The Hall–Kier alpha value is -1.56. The fourth-order valence-corrected chi connectivity index (χ4v) is 2.28. The van der Waals surface area contributed by atoms with Gasteiger partial charge in [-0.3, -0.25) is 0 Å². The highest BCUT2D eigenvalue weighted by molar-refractivity contribution is 5.71. The minimum absolute atomic E-state index is 0.560. The molecule has 2 aromatic carbocycles. The Morgan fingerprint density at radius 1 is 0.824 bits per heavy atom. The molecule has 0 saturated heterocycles. The van der Waals surface area contributed by atoms with Crippen LogP contribution in [0.4, 0.5) is 0 Å². The molecule has 0 aliphatic heterocycles. The molecule has 0 atom stereocenters. The zero-order valence-corrected chi connectivity index (χ0v) is 11.1. The van der Waals surface area contributed by atoms with Crippen LogP contribution in [-0.4, -0.2) is 0 Å². The Balaban J connectivity index is 2.65. The first-order valence-electron chi connectivity index (χ1n) is 6.26. The summed E-state index contributed by atoms with van der Waals surface area (Å²) in [6.07, 6.45) is 0. The molecule has 0 saturated carbocycles. The van der Waals surface area contributed by atoms with Crippen LogP contribution in [0.1, 0.15) is 36.5 Å². The topological polar surface area (TPSA) is 0 Å². The van der Waals surface area contributed by atoms with E-state index in [2.05, 4.69) is 70.2 Å². The summed E-state index contributed by atoms with van der Waals surface area (Å²) < 4.78 is 0. The zero-order valence-electron chi connectivity index (χ0n) is 11.1. The van der Waals surface area contributed by atoms with Crippen LogP contribution in [0, 0.1) is 13.8 Å². The fourth-order valence-electron chi connectivity index (χ4n) is 2.28. The molecule has 88 valence electrons. The maximum absolute atomic E-state index is 2.30. The SMILES string of the molecule is Cc1ccc(C(C)C)c(-c2ccccc2C)c1. The maximum atomic E-state index is 2.30. The summed E-state index contributed by atoms with van der Waals surface area (Å²) in [7, 11) is 0. The van der Waals surface area contributed by atoms with Crippen molar-refractivity contribution in [3.63, 3.8) is 0 Å². The molecule has 0 N–H and O–H groups in total. The third-order valence-electron chi connectivity index (χ3n) is 3.27. The molecule has 2 aromatic rings. The van der Waals surface area contributed by atoms with Gasteiger partial charge < -0.3 is 0 Å². The largest absolute Gasteiger partial charge is 0.0620 e. The minimum atomic E-state index is 0.560. The monoisotopic (exact) mass is 224 g/mol. The van der Waals surface area contributed by atoms with Crippen molar-refractivity contribution in [2.45, 2.75) is 33.6 Å². The van der Waals surface area contributed by atoms with Gasteiger partial charge >= 0.3 is 0 Å². The lowest BCUT2D eigenvalue weighted by atomic mass is 9.89. The quantitative estimate of drug-likeness (QED) is 0.666. The van der Waals surface area contributed by atoms with Crippen molar-refractivity contribution in [3.05, 3.63) is 59.2 Å². The summed E-state index contributed by atoms with van der Waals surface area (Å²) in [5, 5.41) is 0. The smallest absolute Gasteiger partial charge is 0.0144 e. The van der Waals surface area contributed by atoms with E-state index in [-0.39, 0.29) is 0 Å². The Morgan fingerprint density at radius 2 is 1.53 bits per heavy atom. The molecular weight excluding hydrogens is 204 g/mol. The van der Waals surface area contributed by atoms with Crippen LogP contribution in [0.3, 0.4) is 0 Å². The molecule has 0 bridgehead atoms. The third kappa shape index (κ3) is 2.41. The normalized spacial score (nSPS) is 10.9. The summed E-state index contributed by atoms with van der Waals surface area (Å²) in [6, 6.07) is 15.4. The predicted octanol–water partition coefficient (Wildman–Crippen LogP) is 5.09. The predicted molar refractivity (Wildman–Crippen MR) is 75.4 cm³/mol. The lowest BCUT2D eigenvalue weighted by molar-refractivity contribution is 0.868. The number of aryl methyl sites for hydroxylation is 2. The van der Waals surface area contributed by atoms with Gasteiger partial charge in [0, 0.05) is 0 Å². The number of rotatable bonds is 2. The first-order valence-corrected chi connectivity index (χ1v) is 6.26. The number of hydrogen-bond acceptors (Lipinski definition) is 0. The highest BCUT2D eigenvalue weighted by atomic mass is 14.1. The van der Waals surface area contributed by atoms with Crippen LogP contribution in [0.15, 0.2) is 42.5 Å². The van der Waals surface area contributed by atoms with E-state index < -0.39 is 0 Å². The van der Waals surface area contributed by atoms with E-state index in [0.29, 0.717) is 5.92 Å². The van der Waals surface area contributed by atoms with Gasteiger partial charge in [-0.05, 0) is 42.0 Å². The van der Waals surface area contributed by atoms with E-state index in [0.717, 1.165) is 0 Å². The lowest BCUT2D eigenvalue weighted by Crippen LogP contribution is -1.94. The molecule has 0 fully saturated rings. The van der Waals surface area contributed by atoms with E-state index >= 15 is 0 Å². The van der Waals surface area contributed by atoms with Crippen molar-refractivity contribution in [1.29, 1.82) is 0 Å². The number of hydrogen-bond donors (Lipinski definition) is 0. The Morgan fingerprint density at radius 3 is 2.18 bits per heavy atom. The molecule has 2 rings (SSSR count). The van der Waals surface area contributed by atoms with Crippen molar-refractivity contribution in [3.8, 4) is 11.1 Å². The van der Waals surface area contributed by atoms with Gasteiger partial charge in [0.2, 0.25) is 0 Å². The van der Waals surface area contributed by atoms with Gasteiger partial charge in [0.05, 0.1) is 0 Å². The molecule has 0 amide bonds. The summed E-state index contributed by atoms with van der Waals surface area (Å²) in [5.74, 6) is 0.560. The molecular formula is C17H20. The lowest BCUT2D eigenvalue weighted by Gasteiger charge is -2.15. The molecule has 0 nitrogen and oxygen atoms in total. The molecule has 0 spiro atoms. The van der Waals surface area contributed by atoms with Gasteiger partial charge in [-0.2, -0.15) is 0 Å². The van der Waals surface area contributed by atoms with Crippen LogP contribution in [0.5, 0.6) is 0 Å². The van der Waals surface area contributed by atoms with Crippen LogP contribution < -0.4 is 0 Å². The fraction of sp³-hybridized carbons (Fsp3) is 0.294. The highest BCUT2D eigenvalue weighted by Crippen LogP contribution is 2.31. The second-order valence-electron chi connectivity index (χ2n) is 5.06. The standard InChI is InChI=1S/C17H20/c1-12(2)15-10-9-13(3)11-17(15)16-8-6-5-7-14(16)4/h5-12H,1-4H3. The Kier molecular flexibility index (Phi) is 3.33. The second kappa shape index (κ2) is 4.75. The molecule has 0 aliphatic carbocycles. The zero-order chi connectivity index (χ0) is 12.4. The second-order valence-corrected chi connectivity index (χ2v) is 5.06. The van der Waals surface area contributed by atoms with E-state index in [1.165, 1.54) is 27.8 Å². The first kappa shape index (κ1) is 11.9. The Labute approximate surface area is 104 Å². The van der Waals surface area contributed by atoms with Gasteiger partial charge in [-0.1, -0.05) is 61.9 Å². The molecule has 0 heterocycles. The maximum Gasteiger partial charge on any atom is -0.0144 e. The van der Waals surface area contributed by atoms with Gasteiger partial charge in [0.25, 0.3) is 0 Å². The van der Waals surface area contributed by atoms with Gasteiger partial charge in [0.15, 0.2) is 0 Å². The van der Waals surface area contributed by atoms with Gasteiger partial charge in [0.1, 0.15) is 0 Å². The van der Waals surface area contributed by atoms with Gasteiger partial charge in [-0.25, -0.2) is 0 Å². The van der Waals surface area contributed by atoms with Crippen LogP contribution in [-0.2, 0) is 0 Å². The first-order chi connectivity index (χ1) is 8.09. The third-order valence-corrected chi connectivity index (χ3v) is 3.27. The van der Waals surface area contributed by atoms with Crippen LogP contribution >= 0.6 is 0 Å². The summed E-state index contributed by atoms with van der Waals surface area (Å²) in [4.78, 5) is 0. The average Bonchev–Trinajstić information content (AvgIpc) is 2.29. The van der Waals surface area contributed by atoms with E-state index in [1.807, 2.05) is 0 Å². The summed E-state index contributed by atoms with van der Waals surface area (Å²) >= 11 is 0. The molecule has 0 radical (unpaired) electrons. The molecule has 0 unspecified atom stereocenters. The molecule has 0 aromatic heterocycles. The van der Waals surface area contributed by atoms with E-state index in [9.17, 15) is 0 Å². The van der Waals surface area contributed by atoms with Crippen LogP contribution in [0.2, 0.25) is 0 Å². The Bertz CT molecular complexity index is 521. The molecule has 17 heavy (non-hydrogen) atoms. The van der Waals surface area contributed by atoms with Crippen molar-refractivity contribution in [2.24, 2.45) is 0 Å². The number of benzene rings is 2. The highest BCUT2D eigenvalue weighted by Gasteiger charge is 2.10. The van der Waals surface area contributed by atoms with Crippen LogP contribution in [0.25, 0.3) is 11.1 Å². The van der Waals surface area contributed by atoms with Crippen molar-refractivity contribution >= 4 is 0 Å². The molecule has 0 aliphatic rings. The van der Waals surface area contributed by atoms with E-state index in [4.69, 9.17) is 0 Å². The van der Waals surface area contributed by atoms with Gasteiger partial charge in [-0.15, -0.1) is 0 Å².